The number of rotatable bonds is 5. The van der Waals surface area contributed by atoms with E-state index in [-0.39, 0.29) is 17.9 Å². The number of nitrogens with zero attached hydrogens (tertiary/aromatic N) is 1. The molecule has 0 bridgehead atoms. The van der Waals surface area contributed by atoms with Crippen molar-refractivity contribution in [2.75, 3.05) is 11.9 Å². The van der Waals surface area contributed by atoms with Crippen LogP contribution in [0.2, 0.25) is 0 Å². The van der Waals surface area contributed by atoms with Crippen LogP contribution in [0.15, 0.2) is 42.5 Å². The molecule has 0 heterocycles. The molecule has 2 rings (SSSR count). The molecule has 2 aromatic rings. The van der Waals surface area contributed by atoms with Gasteiger partial charge in [-0.25, -0.2) is 4.79 Å². The van der Waals surface area contributed by atoms with Gasteiger partial charge in [0.05, 0.1) is 17.1 Å². The van der Waals surface area contributed by atoms with Gasteiger partial charge in [0.25, 0.3) is 11.6 Å². The van der Waals surface area contributed by atoms with Crippen molar-refractivity contribution in [2.24, 2.45) is 0 Å². The Bertz CT molecular complexity index is 784. The van der Waals surface area contributed by atoms with E-state index in [1.165, 1.54) is 30.3 Å². The largest absolute Gasteiger partial charge is 0.462 e. The van der Waals surface area contributed by atoms with Gasteiger partial charge in [-0.3, -0.25) is 14.9 Å². The normalized spacial score (nSPS) is 10.1. The van der Waals surface area contributed by atoms with E-state index in [0.29, 0.717) is 16.8 Å². The number of carbonyl (C=O) groups is 2. The number of hydrogen-bond acceptors (Lipinski definition) is 5. The molecule has 0 radical (unpaired) electrons. The molecule has 0 aromatic heterocycles. The Labute approximate surface area is 138 Å². The van der Waals surface area contributed by atoms with E-state index in [2.05, 4.69) is 5.32 Å². The zero-order chi connectivity index (χ0) is 17.7. The maximum absolute atomic E-state index is 12.2. The van der Waals surface area contributed by atoms with Crippen molar-refractivity contribution in [1.29, 1.82) is 0 Å². The Morgan fingerprint density at radius 2 is 1.75 bits per heavy atom. The van der Waals surface area contributed by atoms with Crippen LogP contribution in [0.3, 0.4) is 0 Å². The molecule has 0 atom stereocenters. The summed E-state index contributed by atoms with van der Waals surface area (Å²) in [6, 6.07) is 10.5. The van der Waals surface area contributed by atoms with Crippen LogP contribution < -0.4 is 5.32 Å². The number of nitro groups is 1. The van der Waals surface area contributed by atoms with E-state index in [1.54, 1.807) is 26.0 Å². The Hall–Kier alpha value is -3.22. The van der Waals surface area contributed by atoms with Gasteiger partial charge in [-0.1, -0.05) is 6.07 Å². The molecule has 0 aliphatic heterocycles. The fourth-order valence-corrected chi connectivity index (χ4v) is 2.05. The molecular weight excluding hydrogens is 312 g/mol. The molecule has 2 aromatic carbocycles. The van der Waals surface area contributed by atoms with Crippen molar-refractivity contribution in [3.8, 4) is 0 Å². The Morgan fingerprint density at radius 3 is 2.33 bits per heavy atom. The van der Waals surface area contributed by atoms with E-state index < -0.39 is 16.8 Å². The summed E-state index contributed by atoms with van der Waals surface area (Å²) in [4.78, 5) is 34.2. The second-order valence-electron chi connectivity index (χ2n) is 5.01. The Balaban J connectivity index is 2.14. The summed E-state index contributed by atoms with van der Waals surface area (Å²) < 4.78 is 4.87. The van der Waals surface area contributed by atoms with Gasteiger partial charge in [0, 0.05) is 22.9 Å². The predicted octanol–water partition coefficient (Wildman–Crippen LogP) is 3.33. The fraction of sp³-hybridized carbons (Fsp3) is 0.176. The minimum absolute atomic E-state index is 0.111. The third kappa shape index (κ3) is 3.95. The van der Waals surface area contributed by atoms with Crippen LogP contribution in [-0.2, 0) is 4.74 Å². The summed E-state index contributed by atoms with van der Waals surface area (Å²) in [6.45, 7) is 3.60. The number of esters is 1. The molecule has 124 valence electrons. The van der Waals surface area contributed by atoms with E-state index in [0.717, 1.165) is 0 Å². The minimum Gasteiger partial charge on any atom is -0.462 e. The van der Waals surface area contributed by atoms with Gasteiger partial charge < -0.3 is 10.1 Å². The zero-order valence-corrected chi connectivity index (χ0v) is 13.2. The number of benzene rings is 2. The van der Waals surface area contributed by atoms with Crippen LogP contribution in [0.25, 0.3) is 0 Å². The van der Waals surface area contributed by atoms with Gasteiger partial charge in [0.1, 0.15) is 0 Å². The number of nitrogens with one attached hydrogen (secondary N) is 1. The predicted molar refractivity (Wildman–Crippen MR) is 88.2 cm³/mol. The fourth-order valence-electron chi connectivity index (χ4n) is 2.05. The van der Waals surface area contributed by atoms with Crippen LogP contribution in [0.4, 0.5) is 11.4 Å². The number of ether oxygens (including phenoxy) is 1. The summed E-state index contributed by atoms with van der Waals surface area (Å²) in [5.74, 6) is -0.911. The lowest BCUT2D eigenvalue weighted by Gasteiger charge is -2.07. The lowest BCUT2D eigenvalue weighted by atomic mass is 10.1. The zero-order valence-electron chi connectivity index (χ0n) is 13.2. The summed E-state index contributed by atoms with van der Waals surface area (Å²) in [5, 5.41) is 13.6. The standard InChI is InChI=1S/C17H16N2O5/c1-3-24-17(21)12-6-8-14(9-7-12)18-16(20)13-5-4-11(2)15(10-13)19(22)23/h4-10H,3H2,1-2H3,(H,18,20). The van der Waals surface area contributed by atoms with Gasteiger partial charge >= 0.3 is 5.97 Å². The first kappa shape index (κ1) is 17.1. The monoisotopic (exact) mass is 328 g/mol. The Kier molecular flexibility index (Phi) is 5.26. The van der Waals surface area contributed by atoms with E-state index in [9.17, 15) is 19.7 Å². The van der Waals surface area contributed by atoms with Gasteiger partial charge in [0.15, 0.2) is 0 Å². The lowest BCUT2D eigenvalue weighted by Crippen LogP contribution is -2.12. The maximum Gasteiger partial charge on any atom is 0.338 e. The number of aryl methyl sites for hydroxylation is 1. The van der Waals surface area contributed by atoms with Crippen LogP contribution in [0.5, 0.6) is 0 Å². The first-order valence-corrected chi connectivity index (χ1v) is 7.26. The van der Waals surface area contributed by atoms with Crippen molar-refractivity contribution in [3.05, 3.63) is 69.3 Å². The second-order valence-corrected chi connectivity index (χ2v) is 5.01. The highest BCUT2D eigenvalue weighted by molar-refractivity contribution is 6.05. The van der Waals surface area contributed by atoms with Crippen LogP contribution in [-0.4, -0.2) is 23.4 Å². The first-order chi connectivity index (χ1) is 11.4. The molecule has 0 aliphatic carbocycles. The third-order valence-corrected chi connectivity index (χ3v) is 3.32. The molecule has 0 unspecified atom stereocenters. The summed E-state index contributed by atoms with van der Waals surface area (Å²) >= 11 is 0. The highest BCUT2D eigenvalue weighted by Gasteiger charge is 2.15. The molecule has 0 fully saturated rings. The molecule has 0 aliphatic rings. The maximum atomic E-state index is 12.2. The lowest BCUT2D eigenvalue weighted by molar-refractivity contribution is -0.385. The van der Waals surface area contributed by atoms with Crippen molar-refractivity contribution in [1.82, 2.24) is 0 Å². The molecule has 24 heavy (non-hydrogen) atoms. The molecular formula is C17H16N2O5. The van der Waals surface area contributed by atoms with E-state index in [4.69, 9.17) is 4.74 Å². The van der Waals surface area contributed by atoms with Gasteiger partial charge in [0.2, 0.25) is 0 Å². The molecule has 7 nitrogen and oxygen atoms in total. The highest BCUT2D eigenvalue weighted by atomic mass is 16.6. The van der Waals surface area contributed by atoms with Gasteiger partial charge in [-0.2, -0.15) is 0 Å². The van der Waals surface area contributed by atoms with Crippen molar-refractivity contribution >= 4 is 23.3 Å². The molecule has 1 N–H and O–H groups in total. The average molecular weight is 328 g/mol. The number of hydrogen-bond donors (Lipinski definition) is 1. The quantitative estimate of drug-likeness (QED) is 0.515. The number of amides is 1. The topological polar surface area (TPSA) is 98.5 Å². The smallest absolute Gasteiger partial charge is 0.338 e. The summed E-state index contributed by atoms with van der Waals surface area (Å²) in [5.41, 5.74) is 1.40. The molecule has 1 amide bonds. The minimum atomic E-state index is -0.528. The number of anilines is 1. The van der Waals surface area contributed by atoms with Crippen LogP contribution in [0.1, 0.15) is 33.2 Å². The van der Waals surface area contributed by atoms with Gasteiger partial charge in [-0.15, -0.1) is 0 Å². The first-order valence-electron chi connectivity index (χ1n) is 7.26. The SMILES string of the molecule is CCOC(=O)c1ccc(NC(=O)c2ccc(C)c([N+](=O)[O-])c2)cc1. The third-order valence-electron chi connectivity index (χ3n) is 3.32. The van der Waals surface area contributed by atoms with Crippen LogP contribution in [0, 0.1) is 17.0 Å². The summed E-state index contributed by atoms with van der Waals surface area (Å²) in [7, 11) is 0. The molecule has 0 saturated carbocycles. The average Bonchev–Trinajstić information content (AvgIpc) is 2.55. The van der Waals surface area contributed by atoms with E-state index >= 15 is 0 Å². The van der Waals surface area contributed by atoms with Crippen LogP contribution >= 0.6 is 0 Å². The van der Waals surface area contributed by atoms with Gasteiger partial charge in [-0.05, 0) is 44.2 Å². The number of nitro benzene ring substituents is 1. The Morgan fingerprint density at radius 1 is 1.12 bits per heavy atom. The summed E-state index contributed by atoms with van der Waals surface area (Å²) in [6.07, 6.45) is 0. The number of carbonyl (C=O) groups excluding carboxylic acids is 2. The molecule has 0 saturated heterocycles. The molecule has 0 spiro atoms. The highest BCUT2D eigenvalue weighted by Crippen LogP contribution is 2.20. The van der Waals surface area contributed by atoms with Crippen molar-refractivity contribution in [3.63, 3.8) is 0 Å². The second kappa shape index (κ2) is 7.36. The van der Waals surface area contributed by atoms with Crippen molar-refractivity contribution in [2.45, 2.75) is 13.8 Å². The van der Waals surface area contributed by atoms with Crippen molar-refractivity contribution < 1.29 is 19.2 Å². The molecule has 7 heteroatoms. The van der Waals surface area contributed by atoms with E-state index in [1.807, 2.05) is 0 Å².